The molecule has 1 fully saturated rings. The molecule has 1 amide bonds. The highest BCUT2D eigenvalue weighted by Crippen LogP contribution is 2.26. The molecule has 0 saturated carbocycles. The van der Waals surface area contributed by atoms with E-state index in [0.717, 1.165) is 116 Å². The molecule has 11 nitrogen and oxygen atoms in total. The van der Waals surface area contributed by atoms with Crippen molar-refractivity contribution in [1.82, 2.24) is 5.32 Å². The molecule has 6 N–H and O–H groups in total. The highest BCUT2D eigenvalue weighted by Gasteiger charge is 2.47. The Labute approximate surface area is 479 Å². The van der Waals surface area contributed by atoms with Gasteiger partial charge < -0.3 is 45.1 Å². The molecular formula is C68H109NO10. The summed E-state index contributed by atoms with van der Waals surface area (Å²) in [5, 5.41) is 56.9. The zero-order valence-corrected chi connectivity index (χ0v) is 49.2. The fourth-order valence-corrected chi connectivity index (χ4v) is 8.45. The van der Waals surface area contributed by atoms with Crippen molar-refractivity contribution >= 4 is 11.9 Å². The molecule has 0 radical (unpaired) electrons. The van der Waals surface area contributed by atoms with Crippen molar-refractivity contribution in [3.8, 4) is 0 Å². The first kappa shape index (κ1) is 72.6. The fraction of sp³-hybridized carbons (Fsp3) is 0.618. The van der Waals surface area contributed by atoms with Crippen molar-refractivity contribution in [2.75, 3.05) is 13.2 Å². The number of ether oxygens (including phenoxy) is 3. The number of unbranched alkanes of at least 4 members (excludes halogenated alkanes) is 13. The Hall–Kier alpha value is -4.46. The Kier molecular flexibility index (Phi) is 49.7. The second-order valence-corrected chi connectivity index (χ2v) is 20.3. The Morgan fingerprint density at radius 3 is 1.37 bits per heavy atom. The van der Waals surface area contributed by atoms with E-state index < -0.39 is 67.4 Å². The quantitative estimate of drug-likeness (QED) is 0.0195. The molecular weight excluding hydrogens is 991 g/mol. The number of esters is 1. The molecule has 0 bridgehead atoms. The molecule has 79 heavy (non-hydrogen) atoms. The first-order valence-corrected chi connectivity index (χ1v) is 30.6. The van der Waals surface area contributed by atoms with E-state index in [9.17, 15) is 35.1 Å². The van der Waals surface area contributed by atoms with Crippen LogP contribution in [0.5, 0.6) is 0 Å². The van der Waals surface area contributed by atoms with E-state index in [4.69, 9.17) is 14.2 Å². The molecule has 0 aromatic heterocycles. The summed E-state index contributed by atoms with van der Waals surface area (Å²) in [6, 6.07) is -1.06. The van der Waals surface area contributed by atoms with E-state index in [1.54, 1.807) is 6.08 Å². The van der Waals surface area contributed by atoms with Gasteiger partial charge in [-0.2, -0.15) is 0 Å². The zero-order chi connectivity index (χ0) is 57.5. The number of allylic oxidation sites excluding steroid dienone is 23. The van der Waals surface area contributed by atoms with Crippen LogP contribution in [-0.2, 0) is 23.8 Å². The van der Waals surface area contributed by atoms with Gasteiger partial charge in [-0.1, -0.05) is 231 Å². The van der Waals surface area contributed by atoms with Crippen molar-refractivity contribution in [1.29, 1.82) is 0 Å². The summed E-state index contributed by atoms with van der Waals surface area (Å²) in [5.41, 5.74) is 0. The molecule has 8 unspecified atom stereocenters. The number of amides is 1. The summed E-state index contributed by atoms with van der Waals surface area (Å²) in [4.78, 5) is 26.5. The summed E-state index contributed by atoms with van der Waals surface area (Å²) in [5.74, 6) is -1.30. The van der Waals surface area contributed by atoms with E-state index in [0.29, 0.717) is 19.3 Å². The van der Waals surface area contributed by atoms with Crippen molar-refractivity contribution in [3.05, 3.63) is 146 Å². The van der Waals surface area contributed by atoms with Crippen LogP contribution in [-0.4, -0.2) is 99.6 Å². The molecule has 11 heteroatoms. The predicted molar refractivity (Wildman–Crippen MR) is 328 cm³/mol. The number of aliphatic hydroxyl groups excluding tert-OH is 5. The number of hydrogen-bond donors (Lipinski definition) is 6. The average molecular weight is 1100 g/mol. The third-order valence-corrected chi connectivity index (χ3v) is 13.2. The van der Waals surface area contributed by atoms with Crippen LogP contribution in [0, 0.1) is 0 Å². The van der Waals surface area contributed by atoms with Crippen molar-refractivity contribution in [2.24, 2.45) is 0 Å². The molecule has 0 aromatic rings. The topological polar surface area (TPSA) is 175 Å². The molecule has 0 spiro atoms. The first-order valence-electron chi connectivity index (χ1n) is 30.6. The Morgan fingerprint density at radius 1 is 0.506 bits per heavy atom. The predicted octanol–water partition coefficient (Wildman–Crippen LogP) is 14.6. The lowest BCUT2D eigenvalue weighted by Crippen LogP contribution is -2.61. The van der Waals surface area contributed by atoms with Crippen molar-refractivity contribution in [3.63, 3.8) is 0 Å². The molecule has 0 aliphatic carbocycles. The molecule has 0 aromatic carbocycles. The number of nitrogens with one attached hydrogen (secondary N) is 1. The highest BCUT2D eigenvalue weighted by atomic mass is 16.7. The van der Waals surface area contributed by atoms with Gasteiger partial charge in [0.1, 0.15) is 24.4 Å². The zero-order valence-electron chi connectivity index (χ0n) is 49.2. The normalized spacial score (nSPS) is 19.9. The van der Waals surface area contributed by atoms with Gasteiger partial charge >= 0.3 is 5.97 Å². The Balaban J connectivity index is 2.73. The molecule has 1 saturated heterocycles. The molecule has 1 heterocycles. The highest BCUT2D eigenvalue weighted by molar-refractivity contribution is 5.80. The van der Waals surface area contributed by atoms with Crippen molar-refractivity contribution in [2.45, 2.75) is 256 Å². The van der Waals surface area contributed by atoms with Crippen molar-refractivity contribution < 1.29 is 49.3 Å². The Bertz CT molecular complexity index is 1840. The molecule has 1 aliphatic rings. The van der Waals surface area contributed by atoms with Gasteiger partial charge in [-0.15, -0.1) is 0 Å². The monoisotopic (exact) mass is 1100 g/mol. The lowest BCUT2D eigenvalue weighted by molar-refractivity contribution is -0.305. The number of aliphatic hydroxyl groups is 5. The third kappa shape index (κ3) is 42.1. The standard InChI is InChI=1S/C68H109NO10/c1-4-7-10-13-16-19-22-24-26-28-29-30-31-32-34-35-37-40-43-46-49-52-55-61(72)67(76)69-59(60(71)54-51-48-45-42-39-21-18-15-12-9-6-3)58-77-68-66(65(75)64(74)62(57-70)78-68)79-63(73)56-53-50-47-44-41-38-36-33-27-25-23-20-17-14-11-8-5-2/h7-8,10-11,16-17,19-20,24-27,29-30,32,34,36-38,40,44,47,51,54,59-62,64-66,68,70-72,74-75H,4-6,9,12-15,18,21-23,28,31,33,35,39,41-43,45-46,48-50,52-53,55-58H2,1-3H3,(H,69,76)/b10-7-,11-8-,19-16-,20-17-,26-24-,27-25-,30-29-,34-32-,38-36-,40-37-,47-44-,54-51+. The van der Waals surface area contributed by atoms with Crippen LogP contribution < -0.4 is 5.32 Å². The number of rotatable bonds is 49. The number of hydrogen-bond acceptors (Lipinski definition) is 10. The number of carbonyl (C=O) groups is 2. The second kappa shape index (κ2) is 54.1. The maximum Gasteiger partial charge on any atom is 0.306 e. The third-order valence-electron chi connectivity index (χ3n) is 13.2. The van der Waals surface area contributed by atoms with Crippen LogP contribution in [0.25, 0.3) is 0 Å². The minimum Gasteiger partial charge on any atom is -0.454 e. The lowest BCUT2D eigenvalue weighted by atomic mass is 9.99. The molecule has 8 atom stereocenters. The average Bonchev–Trinajstić information content (AvgIpc) is 3.45. The van der Waals surface area contributed by atoms with Gasteiger partial charge in [-0.3, -0.25) is 9.59 Å². The van der Waals surface area contributed by atoms with E-state index in [1.165, 1.54) is 38.5 Å². The SMILES string of the molecule is CC/C=C\C/C=C\C/C=C\C/C=C\C/C=C\C/C=C\CCCCCC(O)C(=O)NC(COC1OC(CO)C(O)C(O)C1OC(=O)CCC/C=C\C/C=C\C/C=C\C/C=C\C/C=C\CC)C(O)/C=C/CCCCCCCCCCC. The van der Waals surface area contributed by atoms with E-state index in [-0.39, 0.29) is 19.4 Å². The second-order valence-electron chi connectivity index (χ2n) is 20.3. The minimum atomic E-state index is -1.65. The summed E-state index contributed by atoms with van der Waals surface area (Å²) in [6.07, 6.45) is 67.5. The molecule has 1 rings (SSSR count). The van der Waals surface area contributed by atoms with Crippen LogP contribution in [0.4, 0.5) is 0 Å². The summed E-state index contributed by atoms with van der Waals surface area (Å²) >= 11 is 0. The van der Waals surface area contributed by atoms with Gasteiger partial charge in [0.05, 0.1) is 25.4 Å². The van der Waals surface area contributed by atoms with Gasteiger partial charge in [-0.05, 0) is 116 Å². The maximum atomic E-state index is 13.4. The minimum absolute atomic E-state index is 0.0331. The smallest absolute Gasteiger partial charge is 0.306 e. The van der Waals surface area contributed by atoms with E-state index in [1.807, 2.05) is 18.2 Å². The van der Waals surface area contributed by atoms with Gasteiger partial charge in [0.15, 0.2) is 12.4 Å². The van der Waals surface area contributed by atoms with Gasteiger partial charge in [0, 0.05) is 6.42 Å². The lowest BCUT2D eigenvalue weighted by Gasteiger charge is -2.41. The van der Waals surface area contributed by atoms with Gasteiger partial charge in [0.25, 0.3) is 0 Å². The van der Waals surface area contributed by atoms with Crippen LogP contribution in [0.15, 0.2) is 146 Å². The van der Waals surface area contributed by atoms with E-state index >= 15 is 0 Å². The van der Waals surface area contributed by atoms with E-state index in [2.05, 4.69) is 148 Å². The molecule has 446 valence electrons. The maximum absolute atomic E-state index is 13.4. The largest absolute Gasteiger partial charge is 0.454 e. The van der Waals surface area contributed by atoms with Crippen LogP contribution >= 0.6 is 0 Å². The van der Waals surface area contributed by atoms with Crippen LogP contribution in [0.1, 0.15) is 207 Å². The van der Waals surface area contributed by atoms with Gasteiger partial charge in [0.2, 0.25) is 5.91 Å². The van der Waals surface area contributed by atoms with Crippen LogP contribution in [0.3, 0.4) is 0 Å². The first-order chi connectivity index (χ1) is 38.7. The summed E-state index contributed by atoms with van der Waals surface area (Å²) in [7, 11) is 0. The number of carbonyl (C=O) groups excluding carboxylic acids is 2. The fourth-order valence-electron chi connectivity index (χ4n) is 8.45. The Morgan fingerprint density at radius 2 is 0.911 bits per heavy atom. The summed E-state index contributed by atoms with van der Waals surface area (Å²) in [6.45, 7) is 5.48. The van der Waals surface area contributed by atoms with Crippen LogP contribution in [0.2, 0.25) is 0 Å². The summed E-state index contributed by atoms with van der Waals surface area (Å²) < 4.78 is 17.5. The molecule has 1 aliphatic heterocycles. The van der Waals surface area contributed by atoms with Gasteiger partial charge in [-0.25, -0.2) is 0 Å².